The highest BCUT2D eigenvalue weighted by Crippen LogP contribution is 2.33. The van der Waals surface area contributed by atoms with Crippen LogP contribution in [-0.2, 0) is 0 Å². The molecule has 0 radical (unpaired) electrons. The van der Waals surface area contributed by atoms with Crippen LogP contribution in [0.5, 0.6) is 11.6 Å². The summed E-state index contributed by atoms with van der Waals surface area (Å²) in [5, 5.41) is 0. The van der Waals surface area contributed by atoms with Crippen molar-refractivity contribution in [1.29, 1.82) is 0 Å². The van der Waals surface area contributed by atoms with Gasteiger partial charge in [0.25, 0.3) is 0 Å². The molecular formula is C21H26F3NO2. The van der Waals surface area contributed by atoms with Gasteiger partial charge in [0.05, 0.1) is 18.8 Å². The van der Waals surface area contributed by atoms with Gasteiger partial charge in [0, 0.05) is 23.9 Å². The average Bonchev–Trinajstić information content (AvgIpc) is 2.66. The Hall–Kier alpha value is -2.24. The number of aromatic nitrogens is 1. The van der Waals surface area contributed by atoms with Crippen molar-refractivity contribution in [3.8, 4) is 22.8 Å². The molecule has 27 heavy (non-hydrogen) atoms. The third kappa shape index (κ3) is 5.88. The van der Waals surface area contributed by atoms with Gasteiger partial charge >= 0.3 is 0 Å². The predicted octanol–water partition coefficient (Wildman–Crippen LogP) is 6.30. The fraction of sp³-hybridized carbons (Fsp3) is 0.476. The van der Waals surface area contributed by atoms with Gasteiger partial charge in [0.15, 0.2) is 11.6 Å². The summed E-state index contributed by atoms with van der Waals surface area (Å²) in [6, 6.07) is 3.84. The lowest BCUT2D eigenvalue weighted by atomic mass is 10.1. The van der Waals surface area contributed by atoms with E-state index in [0.29, 0.717) is 12.5 Å². The Morgan fingerprint density at radius 2 is 1.63 bits per heavy atom. The highest BCUT2D eigenvalue weighted by atomic mass is 19.2. The molecule has 2 aromatic rings. The van der Waals surface area contributed by atoms with Crippen molar-refractivity contribution in [2.45, 2.75) is 52.4 Å². The minimum atomic E-state index is -1.29. The zero-order valence-electron chi connectivity index (χ0n) is 15.9. The van der Waals surface area contributed by atoms with Crippen LogP contribution in [-0.4, -0.2) is 18.2 Å². The summed E-state index contributed by atoms with van der Waals surface area (Å²) in [5.74, 6) is -3.47. The Labute approximate surface area is 158 Å². The van der Waals surface area contributed by atoms with E-state index in [1.807, 2.05) is 0 Å². The number of unbranched alkanes of at least 4 members (excludes halogenated alkanes) is 5. The maximum absolute atomic E-state index is 14.3. The van der Waals surface area contributed by atoms with Gasteiger partial charge < -0.3 is 9.47 Å². The number of ether oxygens (including phenoxy) is 2. The molecular weight excluding hydrogens is 355 g/mol. The van der Waals surface area contributed by atoms with Gasteiger partial charge in [-0.3, -0.25) is 0 Å². The standard InChI is InChI=1S/C21H26F3NO2/c1-3-5-6-7-8-9-12-27-18-11-10-15(14-25-18)19-16(22)13-17(26-4-2)20(23)21(19)24/h10-11,13-14H,3-9,12H2,1-2H3. The first-order valence-corrected chi connectivity index (χ1v) is 9.48. The molecule has 0 saturated carbocycles. The molecule has 0 aliphatic carbocycles. The Morgan fingerprint density at radius 3 is 2.30 bits per heavy atom. The third-order valence-electron chi connectivity index (χ3n) is 4.20. The molecule has 1 heterocycles. The lowest BCUT2D eigenvalue weighted by Crippen LogP contribution is -2.02. The van der Waals surface area contributed by atoms with Crippen LogP contribution < -0.4 is 9.47 Å². The summed E-state index contributed by atoms with van der Waals surface area (Å²) in [5.41, 5.74) is -0.329. The van der Waals surface area contributed by atoms with E-state index in [0.717, 1.165) is 18.9 Å². The Balaban J connectivity index is 1.98. The van der Waals surface area contributed by atoms with Crippen molar-refractivity contribution >= 4 is 0 Å². The molecule has 0 aliphatic rings. The molecule has 2 rings (SSSR count). The van der Waals surface area contributed by atoms with Crippen LogP contribution in [0, 0.1) is 17.5 Å². The summed E-state index contributed by atoms with van der Waals surface area (Å²) < 4.78 is 52.9. The van der Waals surface area contributed by atoms with E-state index in [4.69, 9.17) is 9.47 Å². The van der Waals surface area contributed by atoms with Crippen molar-refractivity contribution in [1.82, 2.24) is 4.98 Å². The number of rotatable bonds is 11. The average molecular weight is 381 g/mol. The summed E-state index contributed by atoms with van der Waals surface area (Å²) in [7, 11) is 0. The van der Waals surface area contributed by atoms with E-state index in [1.54, 1.807) is 6.92 Å². The van der Waals surface area contributed by atoms with Crippen molar-refractivity contribution in [2.24, 2.45) is 0 Å². The van der Waals surface area contributed by atoms with Gasteiger partial charge in [-0.05, 0) is 19.4 Å². The van der Waals surface area contributed by atoms with Crippen LogP contribution in [0.25, 0.3) is 11.1 Å². The van der Waals surface area contributed by atoms with E-state index in [2.05, 4.69) is 11.9 Å². The van der Waals surface area contributed by atoms with Crippen LogP contribution >= 0.6 is 0 Å². The molecule has 148 valence electrons. The summed E-state index contributed by atoms with van der Waals surface area (Å²) >= 11 is 0. The lowest BCUT2D eigenvalue weighted by Gasteiger charge is -2.11. The smallest absolute Gasteiger partial charge is 0.213 e. The Bertz CT molecular complexity index is 720. The molecule has 0 aliphatic heterocycles. The van der Waals surface area contributed by atoms with E-state index in [9.17, 15) is 13.2 Å². The van der Waals surface area contributed by atoms with Crippen molar-refractivity contribution in [3.05, 3.63) is 41.8 Å². The summed E-state index contributed by atoms with van der Waals surface area (Å²) in [4.78, 5) is 4.06. The maximum atomic E-state index is 14.3. The van der Waals surface area contributed by atoms with Crippen molar-refractivity contribution in [3.63, 3.8) is 0 Å². The second kappa shape index (κ2) is 10.8. The zero-order valence-corrected chi connectivity index (χ0v) is 15.9. The zero-order chi connectivity index (χ0) is 19.6. The maximum Gasteiger partial charge on any atom is 0.213 e. The fourth-order valence-electron chi connectivity index (χ4n) is 2.77. The predicted molar refractivity (Wildman–Crippen MR) is 99.6 cm³/mol. The largest absolute Gasteiger partial charge is 0.491 e. The van der Waals surface area contributed by atoms with E-state index >= 15 is 0 Å². The van der Waals surface area contributed by atoms with E-state index in [1.165, 1.54) is 44.0 Å². The van der Waals surface area contributed by atoms with Crippen LogP contribution in [0.3, 0.4) is 0 Å². The lowest BCUT2D eigenvalue weighted by molar-refractivity contribution is 0.293. The van der Waals surface area contributed by atoms with Gasteiger partial charge in [-0.25, -0.2) is 13.8 Å². The van der Waals surface area contributed by atoms with Gasteiger partial charge in [0.2, 0.25) is 11.7 Å². The molecule has 0 bridgehead atoms. The summed E-state index contributed by atoms with van der Waals surface area (Å²) in [6.45, 7) is 4.44. The van der Waals surface area contributed by atoms with Gasteiger partial charge in [-0.1, -0.05) is 39.0 Å². The number of benzene rings is 1. The minimum Gasteiger partial charge on any atom is -0.491 e. The third-order valence-corrected chi connectivity index (χ3v) is 4.20. The molecule has 1 aromatic carbocycles. The highest BCUT2D eigenvalue weighted by molar-refractivity contribution is 5.65. The molecule has 1 aromatic heterocycles. The second-order valence-corrected chi connectivity index (χ2v) is 6.29. The molecule has 0 saturated heterocycles. The topological polar surface area (TPSA) is 31.4 Å². The summed E-state index contributed by atoms with van der Waals surface area (Å²) in [6.07, 6.45) is 8.19. The van der Waals surface area contributed by atoms with Gasteiger partial charge in [-0.2, -0.15) is 4.39 Å². The number of hydrogen-bond donors (Lipinski definition) is 0. The quantitative estimate of drug-likeness (QED) is 0.338. The number of pyridine rings is 1. The first-order valence-electron chi connectivity index (χ1n) is 9.48. The molecule has 0 fully saturated rings. The molecule has 6 heteroatoms. The van der Waals surface area contributed by atoms with E-state index in [-0.39, 0.29) is 12.2 Å². The van der Waals surface area contributed by atoms with Crippen LogP contribution in [0.4, 0.5) is 13.2 Å². The molecule has 0 atom stereocenters. The van der Waals surface area contributed by atoms with Crippen LogP contribution in [0.1, 0.15) is 52.4 Å². The van der Waals surface area contributed by atoms with Gasteiger partial charge in [0.1, 0.15) is 5.82 Å². The van der Waals surface area contributed by atoms with Crippen LogP contribution in [0.15, 0.2) is 24.4 Å². The number of hydrogen-bond acceptors (Lipinski definition) is 3. The molecule has 3 nitrogen and oxygen atoms in total. The van der Waals surface area contributed by atoms with E-state index < -0.39 is 28.8 Å². The highest BCUT2D eigenvalue weighted by Gasteiger charge is 2.21. The minimum absolute atomic E-state index is 0.112. The fourth-order valence-corrected chi connectivity index (χ4v) is 2.77. The number of halogens is 3. The van der Waals surface area contributed by atoms with Crippen LogP contribution in [0.2, 0.25) is 0 Å². The molecule has 0 spiro atoms. The monoisotopic (exact) mass is 381 g/mol. The second-order valence-electron chi connectivity index (χ2n) is 6.29. The first-order chi connectivity index (χ1) is 13.1. The molecule has 0 amide bonds. The Morgan fingerprint density at radius 1 is 0.889 bits per heavy atom. The number of nitrogens with zero attached hydrogens (tertiary/aromatic N) is 1. The first kappa shape index (κ1) is 21.1. The Kier molecular flexibility index (Phi) is 8.43. The SMILES string of the molecule is CCCCCCCCOc1ccc(-c2c(F)cc(OCC)c(F)c2F)cn1. The normalized spacial score (nSPS) is 10.9. The van der Waals surface area contributed by atoms with Crippen molar-refractivity contribution in [2.75, 3.05) is 13.2 Å². The molecule has 0 N–H and O–H groups in total. The van der Waals surface area contributed by atoms with Gasteiger partial charge in [-0.15, -0.1) is 0 Å². The molecule has 0 unspecified atom stereocenters. The van der Waals surface area contributed by atoms with Crippen molar-refractivity contribution < 1.29 is 22.6 Å².